The van der Waals surface area contributed by atoms with Gasteiger partial charge in [0.15, 0.2) is 11.6 Å². The molecule has 1 aromatic heterocycles. The number of hydrogen-bond donors (Lipinski definition) is 0. The highest BCUT2D eigenvalue weighted by atomic mass is 35.5. The molecule has 1 aliphatic heterocycles. The van der Waals surface area contributed by atoms with Crippen LogP contribution < -0.4 is 15.1 Å². The largest absolute Gasteiger partial charge is 0.492 e. The number of carbonyl (C=O) groups excluding carboxylic acids is 2. The Bertz CT molecular complexity index is 1380. The lowest BCUT2D eigenvalue weighted by Crippen LogP contribution is -2.36. The maximum Gasteiger partial charge on any atom is 0.410 e. The minimum atomic E-state index is -0.760. The molecule has 39 heavy (non-hydrogen) atoms. The first-order valence-corrected chi connectivity index (χ1v) is 13.3. The topological polar surface area (TPSA) is 90.3 Å². The lowest BCUT2D eigenvalue weighted by Gasteiger charge is -2.33. The van der Waals surface area contributed by atoms with Gasteiger partial charge < -0.3 is 28.6 Å². The van der Waals surface area contributed by atoms with Crippen molar-refractivity contribution in [3.05, 3.63) is 44.5 Å². The van der Waals surface area contributed by atoms with E-state index in [0.717, 1.165) is 18.4 Å². The predicted octanol–water partition coefficient (Wildman–Crippen LogP) is 5.23. The molecule has 1 aromatic carbocycles. The van der Waals surface area contributed by atoms with Crippen LogP contribution in [0.4, 0.5) is 14.9 Å². The summed E-state index contributed by atoms with van der Waals surface area (Å²) in [5, 5.41) is 0.639. The Kier molecular flexibility index (Phi) is 8.16. The number of rotatable bonds is 6. The van der Waals surface area contributed by atoms with E-state index in [4.69, 9.17) is 25.8 Å². The van der Waals surface area contributed by atoms with E-state index in [1.54, 1.807) is 27.8 Å². The summed E-state index contributed by atoms with van der Waals surface area (Å²) in [5.74, 6) is -1.11. The van der Waals surface area contributed by atoms with Crippen LogP contribution in [0.3, 0.4) is 0 Å². The molecule has 2 heterocycles. The zero-order valence-corrected chi connectivity index (χ0v) is 24.0. The lowest BCUT2D eigenvalue weighted by molar-refractivity contribution is 0.0315. The highest BCUT2D eigenvalue weighted by molar-refractivity contribution is 6.30. The molecule has 2 fully saturated rings. The number of fused-ring (bicyclic) bond motifs is 1. The number of piperidine rings is 1. The van der Waals surface area contributed by atoms with Gasteiger partial charge in [-0.1, -0.05) is 17.2 Å². The second-order valence-corrected chi connectivity index (χ2v) is 11.4. The van der Waals surface area contributed by atoms with E-state index in [9.17, 15) is 14.4 Å². The second kappa shape index (κ2) is 11.1. The molecule has 2 aliphatic rings. The van der Waals surface area contributed by atoms with E-state index in [-0.39, 0.29) is 35.0 Å². The average molecular weight is 564 g/mol. The van der Waals surface area contributed by atoms with Gasteiger partial charge in [-0.05, 0) is 52.5 Å². The smallest absolute Gasteiger partial charge is 0.410 e. The van der Waals surface area contributed by atoms with E-state index in [2.05, 4.69) is 0 Å². The Balaban J connectivity index is 1.64. The second-order valence-electron chi connectivity index (χ2n) is 11.0. The van der Waals surface area contributed by atoms with Crippen molar-refractivity contribution >= 4 is 40.3 Å². The van der Waals surface area contributed by atoms with E-state index in [0.29, 0.717) is 36.5 Å². The van der Waals surface area contributed by atoms with E-state index in [1.165, 1.54) is 31.4 Å². The maximum atomic E-state index is 15.7. The number of nitrogens with zero attached hydrogens (tertiary/aromatic N) is 3. The highest BCUT2D eigenvalue weighted by Gasteiger charge is 2.32. The van der Waals surface area contributed by atoms with Gasteiger partial charge in [0.25, 0.3) is 0 Å². The molecule has 2 aromatic rings. The summed E-state index contributed by atoms with van der Waals surface area (Å²) in [7, 11) is 4.29. The molecule has 0 N–H and O–H groups in total. The molecular weight excluding hydrogens is 529 g/mol. The molecule has 11 heteroatoms. The lowest BCUT2D eigenvalue weighted by atomic mass is 10.0. The molecule has 0 atom stereocenters. The molecule has 1 amide bonds. The molecule has 1 saturated carbocycles. The van der Waals surface area contributed by atoms with Crippen molar-refractivity contribution in [2.24, 2.45) is 0 Å². The number of anilines is 1. The van der Waals surface area contributed by atoms with E-state index in [1.807, 2.05) is 9.47 Å². The van der Waals surface area contributed by atoms with Crippen LogP contribution in [-0.2, 0) is 9.47 Å². The van der Waals surface area contributed by atoms with Crippen LogP contribution in [0, 0.1) is 5.82 Å². The first-order valence-electron chi connectivity index (χ1n) is 12.9. The minimum Gasteiger partial charge on any atom is -0.492 e. The third kappa shape index (κ3) is 6.00. The van der Waals surface area contributed by atoms with Crippen molar-refractivity contribution in [1.29, 1.82) is 0 Å². The quantitative estimate of drug-likeness (QED) is 0.444. The van der Waals surface area contributed by atoms with Crippen LogP contribution in [0.2, 0.25) is 0 Å². The van der Waals surface area contributed by atoms with Gasteiger partial charge in [-0.15, -0.1) is 0 Å². The first-order chi connectivity index (χ1) is 18.4. The van der Waals surface area contributed by atoms with Gasteiger partial charge in [0.05, 0.1) is 31.7 Å². The first kappa shape index (κ1) is 28.7. The molecule has 0 bridgehead atoms. The molecule has 0 radical (unpaired) electrons. The van der Waals surface area contributed by atoms with Gasteiger partial charge in [0.2, 0.25) is 5.43 Å². The van der Waals surface area contributed by atoms with Crippen molar-refractivity contribution in [3.8, 4) is 5.75 Å². The molecular formula is C28H35ClFN3O6. The van der Waals surface area contributed by atoms with Crippen LogP contribution >= 0.6 is 11.6 Å². The molecule has 0 spiro atoms. The monoisotopic (exact) mass is 563 g/mol. The summed E-state index contributed by atoms with van der Waals surface area (Å²) in [6.45, 7) is 6.56. The third-order valence-electron chi connectivity index (χ3n) is 6.90. The van der Waals surface area contributed by atoms with Gasteiger partial charge in [-0.2, -0.15) is 0 Å². The SMILES string of the molecule is COC(=O)c1cn(C2CC2)c2c(OC)c(N3CCC(=C(Cl)CN(C)C(=O)OC(C)(C)C)CC3)c(F)cc2c1=O. The van der Waals surface area contributed by atoms with Crippen molar-refractivity contribution in [1.82, 2.24) is 9.47 Å². The fourth-order valence-corrected chi connectivity index (χ4v) is 5.19. The number of esters is 1. The minimum absolute atomic E-state index is 0.0775. The number of methoxy groups -OCH3 is 2. The molecule has 1 saturated heterocycles. The van der Waals surface area contributed by atoms with E-state index >= 15 is 4.39 Å². The summed E-state index contributed by atoms with van der Waals surface area (Å²) in [6, 6.07) is 1.27. The third-order valence-corrected chi connectivity index (χ3v) is 7.28. The van der Waals surface area contributed by atoms with Crippen LogP contribution in [0.1, 0.15) is 62.9 Å². The summed E-state index contributed by atoms with van der Waals surface area (Å²) < 4.78 is 33.4. The van der Waals surface area contributed by atoms with Gasteiger partial charge in [0.1, 0.15) is 16.9 Å². The molecule has 4 rings (SSSR count). The van der Waals surface area contributed by atoms with Crippen LogP contribution in [0.15, 0.2) is 27.7 Å². The molecule has 9 nitrogen and oxygen atoms in total. The van der Waals surface area contributed by atoms with Crippen LogP contribution in [0.5, 0.6) is 5.75 Å². The van der Waals surface area contributed by atoms with Gasteiger partial charge >= 0.3 is 12.1 Å². The summed E-state index contributed by atoms with van der Waals surface area (Å²) in [4.78, 5) is 41.1. The fraction of sp³-hybridized carbons (Fsp3) is 0.536. The number of aromatic nitrogens is 1. The summed E-state index contributed by atoms with van der Waals surface area (Å²) in [5.41, 5.74) is 0.385. The Labute approximate surface area is 232 Å². The van der Waals surface area contributed by atoms with Crippen molar-refractivity contribution in [2.75, 3.05) is 45.8 Å². The number of amides is 1. The summed E-state index contributed by atoms with van der Waals surface area (Å²) in [6.07, 6.45) is 3.93. The van der Waals surface area contributed by atoms with Gasteiger partial charge in [0, 0.05) is 37.4 Å². The van der Waals surface area contributed by atoms with Gasteiger partial charge in [-0.3, -0.25) is 4.79 Å². The highest BCUT2D eigenvalue weighted by Crippen LogP contribution is 2.44. The maximum absolute atomic E-state index is 15.7. The molecule has 212 valence electrons. The van der Waals surface area contributed by atoms with Crippen molar-refractivity contribution in [2.45, 2.75) is 58.1 Å². The van der Waals surface area contributed by atoms with Crippen molar-refractivity contribution < 1.29 is 28.2 Å². The Morgan fingerprint density at radius 3 is 2.36 bits per heavy atom. The summed E-state index contributed by atoms with van der Waals surface area (Å²) >= 11 is 6.60. The Hall–Kier alpha value is -3.27. The number of pyridine rings is 1. The van der Waals surface area contributed by atoms with Crippen LogP contribution in [0.25, 0.3) is 10.9 Å². The number of likely N-dealkylation sites (N-methyl/N-ethyl adjacent to an activating group) is 1. The predicted molar refractivity (Wildman–Crippen MR) is 148 cm³/mol. The zero-order chi connectivity index (χ0) is 28.6. The number of hydrogen-bond acceptors (Lipinski definition) is 7. The fourth-order valence-electron chi connectivity index (χ4n) is 4.82. The number of ether oxygens (including phenoxy) is 3. The normalized spacial score (nSPS) is 15.8. The van der Waals surface area contributed by atoms with Gasteiger partial charge in [-0.25, -0.2) is 14.0 Å². The Morgan fingerprint density at radius 2 is 1.82 bits per heavy atom. The number of benzene rings is 1. The number of carbonyl (C=O) groups is 2. The zero-order valence-electron chi connectivity index (χ0n) is 23.2. The molecule has 0 unspecified atom stereocenters. The number of halogens is 2. The average Bonchev–Trinajstić information content (AvgIpc) is 3.72. The van der Waals surface area contributed by atoms with Crippen molar-refractivity contribution in [3.63, 3.8) is 0 Å². The van der Waals surface area contributed by atoms with Crippen LogP contribution in [-0.4, -0.2) is 68.0 Å². The standard InChI is InChI=1S/C28H35ClFN3O6/c1-28(2,3)39-27(36)31(4)15-20(29)16-9-11-32(12-10-16)23-21(30)13-18-22(25(23)37-5)33(17-7-8-17)14-19(24(18)34)26(35)38-6/h13-14,17H,7-12,15H2,1-6H3. The Morgan fingerprint density at radius 1 is 1.18 bits per heavy atom. The van der Waals surface area contributed by atoms with E-state index < -0.39 is 28.9 Å². The molecule has 1 aliphatic carbocycles.